The fourth-order valence-electron chi connectivity index (χ4n) is 2.16. The molecule has 1 saturated carbocycles. The number of ketones is 1. The molecule has 0 spiro atoms. The van der Waals surface area contributed by atoms with Crippen LogP contribution < -0.4 is 0 Å². The Morgan fingerprint density at radius 1 is 1.29 bits per heavy atom. The Balaban J connectivity index is 2.58. The van der Waals surface area contributed by atoms with Crippen molar-refractivity contribution >= 4 is 5.78 Å². The first-order chi connectivity index (χ1) is 6.58. The summed E-state index contributed by atoms with van der Waals surface area (Å²) in [6.45, 7) is 3.52. The van der Waals surface area contributed by atoms with Crippen molar-refractivity contribution in [2.45, 2.75) is 64.4 Å². The number of aliphatic hydroxyl groups is 1. The number of hydrogen-bond acceptors (Lipinski definition) is 2. The minimum Gasteiger partial charge on any atom is -0.382 e. The zero-order chi connectivity index (χ0) is 10.6. The van der Waals surface area contributed by atoms with E-state index in [0.29, 0.717) is 6.42 Å². The first kappa shape index (κ1) is 11.7. The van der Waals surface area contributed by atoms with E-state index in [4.69, 9.17) is 0 Å². The van der Waals surface area contributed by atoms with Gasteiger partial charge in [-0.1, -0.05) is 32.6 Å². The summed E-state index contributed by atoms with van der Waals surface area (Å²) in [4.78, 5) is 12.0. The molecule has 0 saturated heterocycles. The fourth-order valence-corrected chi connectivity index (χ4v) is 2.16. The van der Waals surface area contributed by atoms with E-state index in [9.17, 15) is 9.90 Å². The van der Waals surface area contributed by atoms with Gasteiger partial charge in [-0.25, -0.2) is 0 Å². The summed E-state index contributed by atoms with van der Waals surface area (Å²) in [6, 6.07) is 0. The molecule has 1 aliphatic rings. The Morgan fingerprint density at radius 2 is 1.79 bits per heavy atom. The highest BCUT2D eigenvalue weighted by atomic mass is 16.3. The Bertz CT molecular complexity index is 188. The molecular formula is C12H22O2. The molecule has 2 nitrogen and oxygen atoms in total. The predicted molar refractivity (Wildman–Crippen MR) is 57.1 cm³/mol. The van der Waals surface area contributed by atoms with Crippen molar-refractivity contribution in [1.29, 1.82) is 0 Å². The summed E-state index contributed by atoms with van der Waals surface area (Å²) >= 11 is 0. The van der Waals surface area contributed by atoms with Gasteiger partial charge in [0.25, 0.3) is 0 Å². The second kappa shape index (κ2) is 4.92. The van der Waals surface area contributed by atoms with Crippen LogP contribution in [0, 0.1) is 5.92 Å². The molecule has 1 unspecified atom stereocenters. The SMILES string of the molecule is CCC(C)(O)C(=O)C1CCCCCC1. The number of carbonyl (C=O) groups excluding carboxylic acids is 1. The average molecular weight is 198 g/mol. The largest absolute Gasteiger partial charge is 0.382 e. The lowest BCUT2D eigenvalue weighted by atomic mass is 9.84. The molecule has 2 heteroatoms. The maximum absolute atomic E-state index is 12.0. The summed E-state index contributed by atoms with van der Waals surface area (Å²) < 4.78 is 0. The average Bonchev–Trinajstić information content (AvgIpc) is 2.44. The van der Waals surface area contributed by atoms with Gasteiger partial charge < -0.3 is 5.11 Å². The second-order valence-electron chi connectivity index (χ2n) is 4.68. The van der Waals surface area contributed by atoms with Crippen LogP contribution in [0.1, 0.15) is 58.8 Å². The molecule has 0 aliphatic heterocycles. The predicted octanol–water partition coefficient (Wildman–Crippen LogP) is 2.69. The third kappa shape index (κ3) is 2.81. The topological polar surface area (TPSA) is 37.3 Å². The smallest absolute Gasteiger partial charge is 0.167 e. The van der Waals surface area contributed by atoms with Crippen LogP contribution in [0.2, 0.25) is 0 Å². The number of rotatable bonds is 3. The van der Waals surface area contributed by atoms with Gasteiger partial charge in [0.1, 0.15) is 5.60 Å². The Hall–Kier alpha value is -0.370. The van der Waals surface area contributed by atoms with Crippen LogP contribution in [0.4, 0.5) is 0 Å². The molecule has 1 aliphatic carbocycles. The standard InChI is InChI=1S/C12H22O2/c1-3-12(2,14)11(13)10-8-6-4-5-7-9-10/h10,14H,3-9H2,1-2H3. The molecule has 0 aromatic rings. The van der Waals surface area contributed by atoms with Gasteiger partial charge in [-0.15, -0.1) is 0 Å². The lowest BCUT2D eigenvalue weighted by Gasteiger charge is -2.25. The van der Waals surface area contributed by atoms with Crippen LogP contribution in [0.25, 0.3) is 0 Å². The highest BCUT2D eigenvalue weighted by molar-refractivity contribution is 5.88. The molecule has 0 radical (unpaired) electrons. The van der Waals surface area contributed by atoms with Gasteiger partial charge in [0.05, 0.1) is 0 Å². The van der Waals surface area contributed by atoms with Crippen molar-refractivity contribution < 1.29 is 9.90 Å². The van der Waals surface area contributed by atoms with Crippen LogP contribution in [-0.2, 0) is 4.79 Å². The molecule has 0 heterocycles. The monoisotopic (exact) mass is 198 g/mol. The van der Waals surface area contributed by atoms with E-state index in [1.807, 2.05) is 6.92 Å². The summed E-state index contributed by atoms with van der Waals surface area (Å²) in [5.74, 6) is 0.189. The molecule has 1 N–H and O–H groups in total. The van der Waals surface area contributed by atoms with Crippen molar-refractivity contribution in [2.75, 3.05) is 0 Å². The maximum atomic E-state index is 12.0. The summed E-state index contributed by atoms with van der Waals surface area (Å²) in [6.07, 6.45) is 7.29. The molecule has 14 heavy (non-hydrogen) atoms. The van der Waals surface area contributed by atoms with E-state index < -0.39 is 5.60 Å². The van der Waals surface area contributed by atoms with Crippen LogP contribution in [0.5, 0.6) is 0 Å². The van der Waals surface area contributed by atoms with E-state index in [0.717, 1.165) is 25.7 Å². The van der Waals surface area contributed by atoms with Crippen LogP contribution in [0.3, 0.4) is 0 Å². The van der Waals surface area contributed by atoms with Gasteiger partial charge in [0.15, 0.2) is 5.78 Å². The normalized spacial score (nSPS) is 23.9. The molecule has 1 atom stereocenters. The van der Waals surface area contributed by atoms with Gasteiger partial charge in [-0.2, -0.15) is 0 Å². The molecule has 0 aromatic carbocycles. The number of carbonyl (C=O) groups is 1. The minimum absolute atomic E-state index is 0.0712. The highest BCUT2D eigenvalue weighted by Gasteiger charge is 2.33. The summed E-state index contributed by atoms with van der Waals surface area (Å²) in [5.41, 5.74) is -1.09. The lowest BCUT2D eigenvalue weighted by Crippen LogP contribution is -2.39. The number of Topliss-reactive ketones (excluding diaryl/α,β-unsaturated/α-hetero) is 1. The molecule has 82 valence electrons. The van der Waals surface area contributed by atoms with E-state index in [-0.39, 0.29) is 11.7 Å². The Morgan fingerprint density at radius 3 is 2.21 bits per heavy atom. The van der Waals surface area contributed by atoms with Crippen molar-refractivity contribution in [3.05, 3.63) is 0 Å². The Labute approximate surface area is 86.7 Å². The van der Waals surface area contributed by atoms with Gasteiger partial charge in [-0.05, 0) is 26.2 Å². The molecule has 0 amide bonds. The number of hydrogen-bond donors (Lipinski definition) is 1. The first-order valence-electron chi connectivity index (χ1n) is 5.84. The first-order valence-corrected chi connectivity index (χ1v) is 5.84. The van der Waals surface area contributed by atoms with Crippen molar-refractivity contribution in [1.82, 2.24) is 0 Å². The minimum atomic E-state index is -1.09. The van der Waals surface area contributed by atoms with Gasteiger partial charge in [-0.3, -0.25) is 4.79 Å². The van der Waals surface area contributed by atoms with Gasteiger partial charge >= 0.3 is 0 Å². The quantitative estimate of drug-likeness (QED) is 0.708. The third-order valence-electron chi connectivity index (χ3n) is 3.45. The molecular weight excluding hydrogens is 176 g/mol. The van der Waals surface area contributed by atoms with Gasteiger partial charge in [0.2, 0.25) is 0 Å². The van der Waals surface area contributed by atoms with E-state index in [1.165, 1.54) is 12.8 Å². The van der Waals surface area contributed by atoms with Crippen LogP contribution in [-0.4, -0.2) is 16.5 Å². The molecule has 0 aromatic heterocycles. The van der Waals surface area contributed by atoms with Crippen LogP contribution >= 0.6 is 0 Å². The van der Waals surface area contributed by atoms with Crippen molar-refractivity contribution in [2.24, 2.45) is 5.92 Å². The van der Waals surface area contributed by atoms with Crippen molar-refractivity contribution in [3.63, 3.8) is 0 Å². The molecule has 0 bridgehead atoms. The lowest BCUT2D eigenvalue weighted by molar-refractivity contribution is -0.140. The Kier molecular flexibility index (Phi) is 4.11. The maximum Gasteiger partial charge on any atom is 0.167 e. The fraction of sp³-hybridized carbons (Fsp3) is 0.917. The van der Waals surface area contributed by atoms with E-state index >= 15 is 0 Å². The summed E-state index contributed by atoms with van der Waals surface area (Å²) in [5, 5.41) is 9.89. The zero-order valence-corrected chi connectivity index (χ0v) is 9.38. The second-order valence-corrected chi connectivity index (χ2v) is 4.68. The molecule has 1 rings (SSSR count). The summed E-state index contributed by atoms with van der Waals surface area (Å²) in [7, 11) is 0. The van der Waals surface area contributed by atoms with Crippen LogP contribution in [0.15, 0.2) is 0 Å². The van der Waals surface area contributed by atoms with E-state index in [1.54, 1.807) is 6.92 Å². The zero-order valence-electron chi connectivity index (χ0n) is 9.38. The third-order valence-corrected chi connectivity index (χ3v) is 3.45. The van der Waals surface area contributed by atoms with Crippen molar-refractivity contribution in [3.8, 4) is 0 Å². The van der Waals surface area contributed by atoms with Gasteiger partial charge in [0, 0.05) is 5.92 Å². The molecule has 1 fully saturated rings. The highest BCUT2D eigenvalue weighted by Crippen LogP contribution is 2.28. The van der Waals surface area contributed by atoms with E-state index in [2.05, 4.69) is 0 Å².